The summed E-state index contributed by atoms with van der Waals surface area (Å²) in [5.41, 5.74) is 11.9. The van der Waals surface area contributed by atoms with Crippen LogP contribution in [0.1, 0.15) is 43.7 Å². The van der Waals surface area contributed by atoms with Crippen LogP contribution in [0.5, 0.6) is 0 Å². The fraction of sp³-hybridized carbons (Fsp3) is 0.571. The molecule has 0 radical (unpaired) electrons. The predicted octanol–water partition coefficient (Wildman–Crippen LogP) is 3.45. The molecule has 2 rings (SSSR count). The summed E-state index contributed by atoms with van der Waals surface area (Å²) in [7, 11) is 0. The Morgan fingerprint density at radius 1 is 1.21 bits per heavy atom. The van der Waals surface area contributed by atoms with Gasteiger partial charge in [-0.1, -0.05) is 18.9 Å². The van der Waals surface area contributed by atoms with Crippen molar-refractivity contribution < 1.29 is 13.2 Å². The highest BCUT2D eigenvalue weighted by Crippen LogP contribution is 2.46. The average Bonchev–Trinajstić information content (AvgIpc) is 2.77. The molecule has 1 aromatic rings. The summed E-state index contributed by atoms with van der Waals surface area (Å²) in [6, 6.07) is 3.52. The quantitative estimate of drug-likeness (QED) is 0.810. The minimum Gasteiger partial charge on any atom is -0.398 e. The number of rotatable bonds is 2. The molecule has 4 N–H and O–H groups in total. The number of hydrogen-bond acceptors (Lipinski definition) is 2. The molecule has 0 heterocycles. The summed E-state index contributed by atoms with van der Waals surface area (Å²) >= 11 is 0. The number of hydrogen-bond donors (Lipinski definition) is 2. The smallest absolute Gasteiger partial charge is 0.398 e. The van der Waals surface area contributed by atoms with Crippen LogP contribution in [0.3, 0.4) is 0 Å². The van der Waals surface area contributed by atoms with Crippen LogP contribution < -0.4 is 11.5 Å². The highest BCUT2D eigenvalue weighted by Gasteiger charge is 2.41. The number of nitrogens with two attached hydrogens (primary N) is 2. The summed E-state index contributed by atoms with van der Waals surface area (Å²) in [6.45, 7) is 1.91. The number of nitrogen functional groups attached to an aromatic ring is 1. The van der Waals surface area contributed by atoms with Crippen molar-refractivity contribution in [1.29, 1.82) is 0 Å². The molecule has 106 valence electrons. The summed E-state index contributed by atoms with van der Waals surface area (Å²) in [6.07, 6.45) is -0.492. The van der Waals surface area contributed by atoms with E-state index in [-0.39, 0.29) is 17.1 Å². The summed E-state index contributed by atoms with van der Waals surface area (Å²) < 4.78 is 38.0. The molecule has 1 saturated carbocycles. The molecule has 0 amide bonds. The standard InChI is InChI=1S/C14H19F3N2/c1-9(18)13(6-2-3-7-13)11-5-4-10(8-12(11)19)14(15,16)17/h4-5,8-9H,2-3,6-7,18-19H2,1H3. The molecule has 1 aliphatic carbocycles. The Kier molecular flexibility index (Phi) is 3.51. The number of alkyl halides is 3. The van der Waals surface area contributed by atoms with Gasteiger partial charge < -0.3 is 11.5 Å². The molecular formula is C14H19F3N2. The number of anilines is 1. The SMILES string of the molecule is CC(N)C1(c2ccc(C(F)(F)F)cc2N)CCCC1. The molecule has 0 aromatic heterocycles. The van der Waals surface area contributed by atoms with Crippen molar-refractivity contribution in [3.8, 4) is 0 Å². The van der Waals surface area contributed by atoms with Crippen molar-refractivity contribution in [1.82, 2.24) is 0 Å². The number of halogens is 3. The van der Waals surface area contributed by atoms with E-state index in [1.165, 1.54) is 6.07 Å². The van der Waals surface area contributed by atoms with Gasteiger partial charge in [-0.15, -0.1) is 0 Å². The molecule has 0 aliphatic heterocycles. The van der Waals surface area contributed by atoms with E-state index in [9.17, 15) is 13.2 Å². The third kappa shape index (κ3) is 2.43. The van der Waals surface area contributed by atoms with Crippen molar-refractivity contribution in [2.45, 2.75) is 50.2 Å². The summed E-state index contributed by atoms with van der Waals surface area (Å²) in [5.74, 6) is 0. The fourth-order valence-corrected chi connectivity index (χ4v) is 3.17. The van der Waals surface area contributed by atoms with Gasteiger partial charge in [0.1, 0.15) is 0 Å². The molecular weight excluding hydrogens is 253 g/mol. The van der Waals surface area contributed by atoms with Gasteiger partial charge in [0, 0.05) is 17.1 Å². The summed E-state index contributed by atoms with van der Waals surface area (Å²) in [5, 5.41) is 0. The molecule has 1 fully saturated rings. The predicted molar refractivity (Wildman–Crippen MR) is 69.7 cm³/mol. The maximum absolute atomic E-state index is 12.7. The van der Waals surface area contributed by atoms with Gasteiger partial charge in [0.2, 0.25) is 0 Å². The third-order valence-electron chi connectivity index (χ3n) is 4.28. The largest absolute Gasteiger partial charge is 0.416 e. The van der Waals surface area contributed by atoms with Gasteiger partial charge in [0.25, 0.3) is 0 Å². The van der Waals surface area contributed by atoms with Gasteiger partial charge in [0.15, 0.2) is 0 Å². The van der Waals surface area contributed by atoms with Crippen molar-refractivity contribution in [3.63, 3.8) is 0 Å². The Labute approximate surface area is 111 Å². The van der Waals surface area contributed by atoms with Gasteiger partial charge in [-0.2, -0.15) is 13.2 Å². The van der Waals surface area contributed by atoms with E-state index in [1.807, 2.05) is 6.92 Å². The first-order valence-electron chi connectivity index (χ1n) is 6.50. The lowest BCUT2D eigenvalue weighted by Crippen LogP contribution is -2.41. The molecule has 2 nitrogen and oxygen atoms in total. The first kappa shape index (κ1) is 14.2. The molecule has 19 heavy (non-hydrogen) atoms. The van der Waals surface area contributed by atoms with E-state index < -0.39 is 11.7 Å². The Morgan fingerprint density at radius 2 is 1.79 bits per heavy atom. The molecule has 1 unspecified atom stereocenters. The maximum atomic E-state index is 12.7. The first-order valence-corrected chi connectivity index (χ1v) is 6.50. The van der Waals surface area contributed by atoms with Crippen LogP contribution >= 0.6 is 0 Å². The highest BCUT2D eigenvalue weighted by atomic mass is 19.4. The van der Waals surface area contributed by atoms with E-state index in [0.717, 1.165) is 43.4 Å². The van der Waals surface area contributed by atoms with Crippen LogP contribution in [-0.2, 0) is 11.6 Å². The zero-order valence-electron chi connectivity index (χ0n) is 10.9. The second-order valence-electron chi connectivity index (χ2n) is 5.45. The molecule has 0 saturated heterocycles. The Bertz CT molecular complexity index is 460. The van der Waals surface area contributed by atoms with Crippen LogP contribution in [0.2, 0.25) is 0 Å². The van der Waals surface area contributed by atoms with Crippen molar-refractivity contribution in [2.75, 3.05) is 5.73 Å². The zero-order chi connectivity index (χ0) is 14.3. The topological polar surface area (TPSA) is 52.0 Å². The van der Waals surface area contributed by atoms with Crippen LogP contribution in [0.25, 0.3) is 0 Å². The van der Waals surface area contributed by atoms with E-state index in [0.29, 0.717) is 0 Å². The second kappa shape index (κ2) is 4.71. The second-order valence-corrected chi connectivity index (χ2v) is 5.45. The van der Waals surface area contributed by atoms with Gasteiger partial charge in [-0.25, -0.2) is 0 Å². The van der Waals surface area contributed by atoms with Crippen LogP contribution in [0.15, 0.2) is 18.2 Å². The Balaban J connectivity index is 2.46. The lowest BCUT2D eigenvalue weighted by atomic mass is 9.73. The molecule has 1 aromatic carbocycles. The Hall–Kier alpha value is -1.23. The van der Waals surface area contributed by atoms with Gasteiger partial charge in [-0.05, 0) is 37.5 Å². The lowest BCUT2D eigenvalue weighted by Gasteiger charge is -2.35. The third-order valence-corrected chi connectivity index (χ3v) is 4.28. The first-order chi connectivity index (χ1) is 8.77. The van der Waals surface area contributed by atoms with E-state index in [4.69, 9.17) is 11.5 Å². The molecule has 1 aliphatic rings. The Morgan fingerprint density at radius 3 is 2.21 bits per heavy atom. The normalized spacial score (nSPS) is 20.5. The fourth-order valence-electron chi connectivity index (χ4n) is 3.17. The van der Waals surface area contributed by atoms with Crippen molar-refractivity contribution in [3.05, 3.63) is 29.3 Å². The van der Waals surface area contributed by atoms with Gasteiger partial charge in [-0.3, -0.25) is 0 Å². The molecule has 1 atom stereocenters. The maximum Gasteiger partial charge on any atom is 0.416 e. The number of benzene rings is 1. The average molecular weight is 272 g/mol. The van der Waals surface area contributed by atoms with Crippen molar-refractivity contribution >= 4 is 5.69 Å². The van der Waals surface area contributed by atoms with E-state index in [2.05, 4.69) is 0 Å². The zero-order valence-corrected chi connectivity index (χ0v) is 10.9. The van der Waals surface area contributed by atoms with Crippen molar-refractivity contribution in [2.24, 2.45) is 5.73 Å². The lowest BCUT2D eigenvalue weighted by molar-refractivity contribution is -0.137. The van der Waals surface area contributed by atoms with E-state index in [1.54, 1.807) is 0 Å². The van der Waals surface area contributed by atoms with Crippen LogP contribution in [0, 0.1) is 0 Å². The molecule has 0 spiro atoms. The minimum atomic E-state index is -4.36. The monoisotopic (exact) mass is 272 g/mol. The van der Waals surface area contributed by atoms with Crippen LogP contribution in [0.4, 0.5) is 18.9 Å². The highest BCUT2D eigenvalue weighted by molar-refractivity contribution is 5.54. The minimum absolute atomic E-state index is 0.117. The van der Waals surface area contributed by atoms with Crippen LogP contribution in [-0.4, -0.2) is 6.04 Å². The molecule has 0 bridgehead atoms. The summed E-state index contributed by atoms with van der Waals surface area (Å²) in [4.78, 5) is 0. The molecule has 5 heteroatoms. The van der Waals surface area contributed by atoms with E-state index >= 15 is 0 Å². The van der Waals surface area contributed by atoms with Gasteiger partial charge >= 0.3 is 6.18 Å². The van der Waals surface area contributed by atoms with Gasteiger partial charge in [0.05, 0.1) is 5.56 Å².